The van der Waals surface area contributed by atoms with Gasteiger partial charge in [-0.15, -0.1) is 0 Å². The minimum Gasteiger partial charge on any atom is -0.374 e. The Hall–Kier alpha value is -0.710. The molecule has 1 heterocycles. The SMILES string of the molecule is CC1(CNS(=O)(=O)c2ccc(Cl)c(S(N)(=O)=O)c2)CCCO1. The van der Waals surface area contributed by atoms with E-state index in [4.69, 9.17) is 21.5 Å². The monoisotopic (exact) mass is 368 g/mol. The first-order chi connectivity index (χ1) is 10.0. The molecule has 7 nitrogen and oxygen atoms in total. The Morgan fingerprint density at radius 3 is 2.59 bits per heavy atom. The second kappa shape index (κ2) is 6.06. The van der Waals surface area contributed by atoms with Crippen molar-refractivity contribution < 1.29 is 21.6 Å². The van der Waals surface area contributed by atoms with Crippen molar-refractivity contribution in [1.82, 2.24) is 4.72 Å². The Morgan fingerprint density at radius 1 is 1.36 bits per heavy atom. The number of primary sulfonamides is 1. The summed E-state index contributed by atoms with van der Waals surface area (Å²) in [6.07, 6.45) is 1.62. The maximum absolute atomic E-state index is 12.3. The first-order valence-electron chi connectivity index (χ1n) is 6.50. The summed E-state index contributed by atoms with van der Waals surface area (Å²) in [4.78, 5) is -0.650. The molecule has 1 unspecified atom stereocenters. The van der Waals surface area contributed by atoms with Crippen LogP contribution >= 0.6 is 11.6 Å². The van der Waals surface area contributed by atoms with E-state index < -0.39 is 30.5 Å². The summed E-state index contributed by atoms with van der Waals surface area (Å²) < 4.78 is 55.3. The molecule has 0 bridgehead atoms. The molecule has 0 aromatic heterocycles. The van der Waals surface area contributed by atoms with Crippen LogP contribution in [0.25, 0.3) is 0 Å². The molecule has 0 amide bonds. The number of hydrogen-bond acceptors (Lipinski definition) is 5. The Balaban J connectivity index is 2.26. The van der Waals surface area contributed by atoms with E-state index in [0.29, 0.717) is 6.61 Å². The Morgan fingerprint density at radius 2 is 2.05 bits per heavy atom. The molecular weight excluding hydrogens is 352 g/mol. The van der Waals surface area contributed by atoms with E-state index in [-0.39, 0.29) is 16.5 Å². The maximum Gasteiger partial charge on any atom is 0.240 e. The van der Waals surface area contributed by atoms with E-state index in [9.17, 15) is 16.8 Å². The van der Waals surface area contributed by atoms with E-state index >= 15 is 0 Å². The van der Waals surface area contributed by atoms with Gasteiger partial charge in [0.2, 0.25) is 20.0 Å². The van der Waals surface area contributed by atoms with Crippen LogP contribution in [0.2, 0.25) is 5.02 Å². The number of sulfonamides is 2. The Kier molecular flexibility index (Phi) is 4.86. The predicted octanol–water partition coefficient (Wildman–Crippen LogP) is 0.835. The van der Waals surface area contributed by atoms with Crippen molar-refractivity contribution in [2.24, 2.45) is 5.14 Å². The summed E-state index contributed by atoms with van der Waals surface area (Å²) >= 11 is 5.74. The van der Waals surface area contributed by atoms with Crippen LogP contribution < -0.4 is 9.86 Å². The van der Waals surface area contributed by atoms with Crippen LogP contribution in [0.1, 0.15) is 19.8 Å². The van der Waals surface area contributed by atoms with Gasteiger partial charge in [0.25, 0.3) is 0 Å². The molecule has 1 atom stereocenters. The van der Waals surface area contributed by atoms with Gasteiger partial charge in [0.1, 0.15) is 4.90 Å². The molecule has 1 aliphatic rings. The van der Waals surface area contributed by atoms with Gasteiger partial charge in [-0.05, 0) is 38.0 Å². The fourth-order valence-electron chi connectivity index (χ4n) is 2.18. The maximum atomic E-state index is 12.3. The average Bonchev–Trinajstić information content (AvgIpc) is 2.83. The highest BCUT2D eigenvalue weighted by Gasteiger charge is 2.31. The van der Waals surface area contributed by atoms with Gasteiger partial charge in [-0.2, -0.15) is 0 Å². The molecule has 0 spiro atoms. The molecule has 1 fully saturated rings. The molecule has 22 heavy (non-hydrogen) atoms. The van der Waals surface area contributed by atoms with Gasteiger partial charge in [0.05, 0.1) is 15.5 Å². The van der Waals surface area contributed by atoms with Crippen molar-refractivity contribution in [2.75, 3.05) is 13.2 Å². The lowest BCUT2D eigenvalue weighted by Gasteiger charge is -2.23. The van der Waals surface area contributed by atoms with Crippen LogP contribution in [0.15, 0.2) is 28.0 Å². The molecule has 1 aromatic carbocycles. The quantitative estimate of drug-likeness (QED) is 0.798. The predicted molar refractivity (Wildman–Crippen MR) is 81.6 cm³/mol. The summed E-state index contributed by atoms with van der Waals surface area (Å²) in [6.45, 7) is 2.51. The number of rotatable bonds is 5. The lowest BCUT2D eigenvalue weighted by molar-refractivity contribution is 0.0250. The van der Waals surface area contributed by atoms with Crippen molar-refractivity contribution in [1.29, 1.82) is 0 Å². The first kappa shape index (κ1) is 17.6. The lowest BCUT2D eigenvalue weighted by Crippen LogP contribution is -2.40. The molecule has 0 saturated carbocycles. The van der Waals surface area contributed by atoms with Gasteiger partial charge in [-0.25, -0.2) is 26.7 Å². The molecule has 2 rings (SSSR count). The third kappa shape index (κ3) is 3.98. The van der Waals surface area contributed by atoms with Crippen LogP contribution in [0, 0.1) is 0 Å². The van der Waals surface area contributed by atoms with Crippen molar-refractivity contribution in [2.45, 2.75) is 35.2 Å². The molecule has 1 saturated heterocycles. The minimum atomic E-state index is -4.11. The molecule has 1 aliphatic heterocycles. The van der Waals surface area contributed by atoms with Crippen LogP contribution in [-0.2, 0) is 24.8 Å². The van der Waals surface area contributed by atoms with Gasteiger partial charge in [0, 0.05) is 13.2 Å². The number of benzene rings is 1. The number of halogens is 1. The highest BCUT2D eigenvalue weighted by Crippen LogP contribution is 2.26. The molecule has 0 aliphatic carbocycles. The van der Waals surface area contributed by atoms with Gasteiger partial charge >= 0.3 is 0 Å². The van der Waals surface area contributed by atoms with Gasteiger partial charge in [-0.1, -0.05) is 11.6 Å². The zero-order chi connectivity index (χ0) is 16.6. The standard InChI is InChI=1S/C12H17ClN2O5S2/c1-12(5-2-6-20-12)8-15-22(18,19)9-3-4-10(13)11(7-9)21(14,16)17/h3-4,7,15H,2,5-6,8H2,1H3,(H2,14,16,17). The van der Waals surface area contributed by atoms with E-state index in [0.717, 1.165) is 18.9 Å². The normalized spacial score (nSPS) is 22.9. The summed E-state index contributed by atoms with van der Waals surface area (Å²) in [5, 5.41) is 4.88. The zero-order valence-corrected chi connectivity index (χ0v) is 14.3. The van der Waals surface area contributed by atoms with Gasteiger partial charge in [-0.3, -0.25) is 0 Å². The number of hydrogen-bond donors (Lipinski definition) is 2. The van der Waals surface area contributed by atoms with Gasteiger partial charge in [0.15, 0.2) is 0 Å². The Bertz CT molecular complexity index is 771. The van der Waals surface area contributed by atoms with E-state index in [2.05, 4.69) is 4.72 Å². The smallest absolute Gasteiger partial charge is 0.240 e. The highest BCUT2D eigenvalue weighted by molar-refractivity contribution is 7.90. The topological polar surface area (TPSA) is 116 Å². The largest absolute Gasteiger partial charge is 0.374 e. The van der Waals surface area contributed by atoms with Crippen molar-refractivity contribution >= 4 is 31.6 Å². The summed E-state index contributed by atoms with van der Waals surface area (Å²) in [5.41, 5.74) is -0.553. The van der Waals surface area contributed by atoms with Crippen molar-refractivity contribution in [3.63, 3.8) is 0 Å². The second-order valence-electron chi connectivity index (χ2n) is 5.36. The van der Waals surface area contributed by atoms with Crippen LogP contribution in [0.4, 0.5) is 0 Å². The van der Waals surface area contributed by atoms with E-state index in [1.807, 2.05) is 6.92 Å². The first-order valence-corrected chi connectivity index (χ1v) is 9.90. The molecule has 1 aromatic rings. The third-order valence-corrected chi connectivity index (χ3v) is 6.25. The Labute approximate surface area is 134 Å². The van der Waals surface area contributed by atoms with Crippen LogP contribution in [-0.4, -0.2) is 35.6 Å². The lowest BCUT2D eigenvalue weighted by atomic mass is 10.0. The summed E-state index contributed by atoms with van der Waals surface area (Å²) in [7, 11) is -8.00. The number of ether oxygens (including phenoxy) is 1. The molecule has 0 radical (unpaired) electrons. The minimum absolute atomic E-state index is 0.0999. The van der Waals surface area contributed by atoms with Crippen LogP contribution in [0.3, 0.4) is 0 Å². The highest BCUT2D eigenvalue weighted by atomic mass is 35.5. The zero-order valence-electron chi connectivity index (χ0n) is 11.9. The molecule has 10 heteroatoms. The number of nitrogens with one attached hydrogen (secondary N) is 1. The van der Waals surface area contributed by atoms with Crippen LogP contribution in [0.5, 0.6) is 0 Å². The molecule has 3 N–H and O–H groups in total. The summed E-state index contributed by atoms with van der Waals surface area (Å²) in [5.74, 6) is 0. The average molecular weight is 369 g/mol. The third-order valence-electron chi connectivity index (χ3n) is 3.46. The fourth-order valence-corrected chi connectivity index (χ4v) is 4.50. The second-order valence-corrected chi connectivity index (χ2v) is 9.07. The molecule has 124 valence electrons. The fraction of sp³-hybridized carbons (Fsp3) is 0.500. The van der Waals surface area contributed by atoms with Crippen molar-refractivity contribution in [3.8, 4) is 0 Å². The van der Waals surface area contributed by atoms with Gasteiger partial charge < -0.3 is 4.74 Å². The van der Waals surface area contributed by atoms with E-state index in [1.165, 1.54) is 12.1 Å². The number of nitrogens with two attached hydrogens (primary N) is 1. The van der Waals surface area contributed by atoms with E-state index in [1.54, 1.807) is 0 Å². The van der Waals surface area contributed by atoms with Crippen molar-refractivity contribution in [3.05, 3.63) is 23.2 Å². The summed E-state index contributed by atoms with van der Waals surface area (Å²) in [6, 6.07) is 3.35. The molecular formula is C12H17ClN2O5S2.